The summed E-state index contributed by atoms with van der Waals surface area (Å²) >= 11 is 0. The zero-order valence-corrected chi connectivity index (χ0v) is 25.5. The number of sulfonamides is 1. The molecule has 0 aliphatic heterocycles. The summed E-state index contributed by atoms with van der Waals surface area (Å²) in [6.07, 6.45) is 0.338. The fourth-order valence-electron chi connectivity index (χ4n) is 4.80. The predicted molar refractivity (Wildman–Crippen MR) is 168 cm³/mol. The first-order chi connectivity index (χ1) is 20.5. The van der Waals surface area contributed by atoms with E-state index in [9.17, 15) is 28.2 Å². The van der Waals surface area contributed by atoms with Crippen molar-refractivity contribution in [3.8, 4) is 11.1 Å². The van der Waals surface area contributed by atoms with Crippen LogP contribution in [-0.4, -0.2) is 66.7 Å². The minimum atomic E-state index is -3.87. The van der Waals surface area contributed by atoms with Crippen molar-refractivity contribution >= 4 is 27.7 Å². The first-order valence-corrected chi connectivity index (χ1v) is 15.8. The highest BCUT2D eigenvalue weighted by Gasteiger charge is 2.31. The maximum Gasteiger partial charge on any atom is 0.405 e. The molecule has 10 nitrogen and oxygen atoms in total. The number of aliphatic hydroxyl groups excluding tert-OH is 1. The molecule has 0 aliphatic carbocycles. The third-order valence-corrected chi connectivity index (χ3v) is 8.96. The predicted octanol–water partition coefficient (Wildman–Crippen LogP) is 4.11. The lowest BCUT2D eigenvalue weighted by Gasteiger charge is -2.31. The Labute approximate surface area is 254 Å². The molecule has 2 amide bonds. The quantitative estimate of drug-likeness (QED) is 0.120. The number of amides is 2. The number of carbonyl (C=O) groups is 2. The van der Waals surface area contributed by atoms with Crippen LogP contribution in [0.15, 0.2) is 83.8 Å². The molecule has 0 saturated heterocycles. The molecule has 0 fully saturated rings. The zero-order valence-electron chi connectivity index (χ0n) is 24.6. The molecular formula is C32H42N4O6S. The number of rotatable bonds is 16. The second kappa shape index (κ2) is 16.1. The fourth-order valence-corrected chi connectivity index (χ4v) is 6.61. The van der Waals surface area contributed by atoms with Crippen LogP contribution in [0.25, 0.3) is 11.1 Å². The molecule has 3 aromatic rings. The summed E-state index contributed by atoms with van der Waals surface area (Å²) in [5.74, 6) is -0.411. The Morgan fingerprint density at radius 2 is 1.53 bits per heavy atom. The number of unbranched alkanes of at least 4 members (excludes halogenated alkanes) is 1. The molecule has 0 unspecified atom stereocenters. The van der Waals surface area contributed by atoms with Crippen molar-refractivity contribution in [2.75, 3.05) is 25.4 Å². The number of hydrogen-bond acceptors (Lipinski definition) is 6. The number of hydrogen-bond donors (Lipinski definition) is 5. The Kier molecular flexibility index (Phi) is 12.5. The number of nitrogens with two attached hydrogens (primary N) is 1. The lowest BCUT2D eigenvalue weighted by Crippen LogP contribution is -2.47. The number of aliphatic hydroxyl groups is 1. The molecule has 2 atom stereocenters. The van der Waals surface area contributed by atoms with E-state index in [2.05, 4.69) is 10.6 Å². The monoisotopic (exact) mass is 610 g/mol. The molecule has 3 aromatic carbocycles. The third kappa shape index (κ3) is 10.1. The van der Waals surface area contributed by atoms with E-state index in [0.29, 0.717) is 24.9 Å². The van der Waals surface area contributed by atoms with Gasteiger partial charge in [-0.3, -0.25) is 4.79 Å². The van der Waals surface area contributed by atoms with Crippen molar-refractivity contribution in [2.24, 2.45) is 5.92 Å². The summed E-state index contributed by atoms with van der Waals surface area (Å²) in [4.78, 5) is 24.4. The molecule has 0 radical (unpaired) electrons. The average Bonchev–Trinajstić information content (AvgIpc) is 2.98. The number of anilines is 1. The van der Waals surface area contributed by atoms with Crippen LogP contribution in [0.4, 0.5) is 10.5 Å². The normalized spacial score (nSPS) is 13.0. The van der Waals surface area contributed by atoms with Gasteiger partial charge in [-0.1, -0.05) is 74.9 Å². The largest absolute Gasteiger partial charge is 0.465 e. The van der Waals surface area contributed by atoms with Crippen LogP contribution in [-0.2, 0) is 21.2 Å². The Hall–Kier alpha value is -3.93. The van der Waals surface area contributed by atoms with Crippen molar-refractivity contribution in [1.29, 1.82) is 0 Å². The van der Waals surface area contributed by atoms with Gasteiger partial charge >= 0.3 is 6.09 Å². The molecule has 0 aromatic heterocycles. The van der Waals surface area contributed by atoms with Crippen LogP contribution in [0.3, 0.4) is 0 Å². The summed E-state index contributed by atoms with van der Waals surface area (Å²) in [5, 5.41) is 24.5. The molecular weight excluding hydrogens is 568 g/mol. The van der Waals surface area contributed by atoms with Crippen LogP contribution in [0, 0.1) is 5.92 Å². The van der Waals surface area contributed by atoms with Crippen LogP contribution in [0.2, 0.25) is 0 Å². The molecule has 43 heavy (non-hydrogen) atoms. The minimum absolute atomic E-state index is 0.0325. The summed E-state index contributed by atoms with van der Waals surface area (Å²) in [5.41, 5.74) is 9.07. The standard InChI is InChI=1S/C32H42N4O6S/c1-23(2)21-36(43(41,42)29-17-15-27(33)16-18-29)28(22-37)10-6-7-19-34-31(38)30(35-32(39)40)20-24-11-13-26(14-12-24)25-8-4-3-5-9-25/h3-5,8-9,11-18,23,28,30,35,37H,6-7,10,19-22,33H2,1-2H3,(H,34,38)(H,39,40)/t28-,30-/m0/s1. The number of benzene rings is 3. The van der Waals surface area contributed by atoms with Crippen molar-refractivity contribution in [3.05, 3.63) is 84.4 Å². The first-order valence-electron chi connectivity index (χ1n) is 14.4. The van der Waals surface area contributed by atoms with Crippen LogP contribution >= 0.6 is 0 Å². The van der Waals surface area contributed by atoms with Gasteiger partial charge in [-0.05, 0) is 59.7 Å². The highest BCUT2D eigenvalue weighted by molar-refractivity contribution is 7.89. The molecule has 3 rings (SSSR count). The molecule has 0 aliphatic rings. The second-order valence-corrected chi connectivity index (χ2v) is 12.8. The van der Waals surface area contributed by atoms with Crippen molar-refractivity contribution < 1.29 is 28.2 Å². The van der Waals surface area contributed by atoms with E-state index >= 15 is 0 Å². The van der Waals surface area contributed by atoms with Gasteiger partial charge in [0, 0.05) is 31.2 Å². The Morgan fingerprint density at radius 1 is 0.907 bits per heavy atom. The Bertz CT molecular complexity index is 1410. The van der Waals surface area contributed by atoms with Crippen molar-refractivity contribution in [3.63, 3.8) is 0 Å². The highest BCUT2D eigenvalue weighted by atomic mass is 32.2. The first kappa shape index (κ1) is 33.6. The number of carbonyl (C=O) groups excluding carboxylic acids is 1. The molecule has 0 heterocycles. The van der Waals surface area contributed by atoms with E-state index in [0.717, 1.165) is 16.7 Å². The number of nitrogens with one attached hydrogen (secondary N) is 2. The summed E-state index contributed by atoms with van der Waals surface area (Å²) in [6.45, 7) is 3.99. The van der Waals surface area contributed by atoms with E-state index in [4.69, 9.17) is 5.73 Å². The Morgan fingerprint density at radius 3 is 2.12 bits per heavy atom. The van der Waals surface area contributed by atoms with Gasteiger partial charge in [0.15, 0.2) is 0 Å². The van der Waals surface area contributed by atoms with E-state index in [1.807, 2.05) is 68.4 Å². The van der Waals surface area contributed by atoms with E-state index < -0.39 is 34.1 Å². The van der Waals surface area contributed by atoms with Crippen LogP contribution in [0.1, 0.15) is 38.7 Å². The molecule has 0 bridgehead atoms. The topological polar surface area (TPSA) is 162 Å². The summed E-state index contributed by atoms with van der Waals surface area (Å²) in [6, 6.07) is 21.9. The maximum absolute atomic E-state index is 13.4. The van der Waals surface area contributed by atoms with Crippen molar-refractivity contribution in [1.82, 2.24) is 14.9 Å². The summed E-state index contributed by atoms with van der Waals surface area (Å²) < 4.78 is 28.2. The lowest BCUT2D eigenvalue weighted by molar-refractivity contribution is -0.123. The summed E-state index contributed by atoms with van der Waals surface area (Å²) in [7, 11) is -3.87. The minimum Gasteiger partial charge on any atom is -0.465 e. The van der Waals surface area contributed by atoms with Gasteiger partial charge in [0.2, 0.25) is 15.9 Å². The van der Waals surface area contributed by atoms with E-state index in [1.165, 1.54) is 28.6 Å². The van der Waals surface area contributed by atoms with Crippen molar-refractivity contribution in [2.45, 2.75) is 56.5 Å². The fraction of sp³-hybridized carbons (Fsp3) is 0.375. The molecule has 232 valence electrons. The zero-order chi connectivity index (χ0) is 31.4. The molecule has 0 saturated carbocycles. The number of carboxylic acid groups (broad SMARTS) is 1. The van der Waals surface area contributed by atoms with E-state index in [1.54, 1.807) is 0 Å². The highest BCUT2D eigenvalue weighted by Crippen LogP contribution is 2.23. The Balaban J connectivity index is 1.56. The van der Waals surface area contributed by atoms with Gasteiger partial charge in [-0.15, -0.1) is 0 Å². The van der Waals surface area contributed by atoms with Gasteiger partial charge in [0.05, 0.1) is 11.5 Å². The number of nitrogens with zero attached hydrogens (tertiary/aromatic N) is 1. The molecule has 0 spiro atoms. The molecule has 11 heteroatoms. The van der Waals surface area contributed by atoms with Gasteiger partial charge < -0.3 is 26.6 Å². The van der Waals surface area contributed by atoms with Gasteiger partial charge in [0.25, 0.3) is 0 Å². The maximum atomic E-state index is 13.4. The van der Waals surface area contributed by atoms with Crippen LogP contribution in [0.5, 0.6) is 0 Å². The SMILES string of the molecule is CC(C)CN([C@H](CO)CCCCNC(=O)[C@H](Cc1ccc(-c2ccccc2)cc1)NC(=O)O)S(=O)(=O)c1ccc(N)cc1. The number of nitrogen functional groups attached to an aromatic ring is 1. The molecule has 6 N–H and O–H groups in total. The smallest absolute Gasteiger partial charge is 0.405 e. The lowest BCUT2D eigenvalue weighted by atomic mass is 10.0. The third-order valence-electron chi connectivity index (χ3n) is 7.03. The van der Waals surface area contributed by atoms with Gasteiger partial charge in [-0.25, -0.2) is 13.2 Å². The second-order valence-electron chi connectivity index (χ2n) is 10.9. The average molecular weight is 611 g/mol. The van der Waals surface area contributed by atoms with Gasteiger partial charge in [-0.2, -0.15) is 4.31 Å². The van der Waals surface area contributed by atoms with E-state index in [-0.39, 0.29) is 36.9 Å². The van der Waals surface area contributed by atoms with Gasteiger partial charge in [0.1, 0.15) is 6.04 Å². The van der Waals surface area contributed by atoms with Crippen LogP contribution < -0.4 is 16.4 Å².